The Kier molecular flexibility index (Phi) is 3.48. The molecule has 10 heteroatoms. The van der Waals surface area contributed by atoms with E-state index in [0.29, 0.717) is 23.6 Å². The first-order chi connectivity index (χ1) is 13.7. The second-order valence-corrected chi connectivity index (χ2v) is 6.49. The minimum absolute atomic E-state index is 0.0765. The fourth-order valence-electron chi connectivity index (χ4n) is 3.58. The van der Waals surface area contributed by atoms with Crippen LogP contribution in [0.15, 0.2) is 36.8 Å². The van der Waals surface area contributed by atoms with E-state index in [9.17, 15) is 4.39 Å². The largest absolute Gasteiger partial charge is 0.396 e. The number of imidazole rings is 1. The number of aromatic amines is 1. The second-order valence-electron chi connectivity index (χ2n) is 6.49. The predicted octanol–water partition coefficient (Wildman–Crippen LogP) is 1.59. The van der Waals surface area contributed by atoms with E-state index in [1.807, 2.05) is 11.0 Å². The lowest BCUT2D eigenvalue weighted by Gasteiger charge is -2.34. The molecule has 0 saturated carbocycles. The summed E-state index contributed by atoms with van der Waals surface area (Å²) in [5.41, 5.74) is 9.06. The van der Waals surface area contributed by atoms with E-state index < -0.39 is 6.04 Å². The molecule has 0 spiro atoms. The zero-order valence-corrected chi connectivity index (χ0v) is 14.5. The first-order valence-corrected chi connectivity index (χ1v) is 8.61. The summed E-state index contributed by atoms with van der Waals surface area (Å²) in [6, 6.07) is 7.84. The van der Waals surface area contributed by atoms with Gasteiger partial charge in [-0.05, 0) is 18.2 Å². The maximum Gasteiger partial charge on any atom is 0.186 e. The Hall–Kier alpha value is -4.00. The lowest BCUT2D eigenvalue weighted by atomic mass is 9.99. The summed E-state index contributed by atoms with van der Waals surface area (Å²) in [4.78, 5) is 9.59. The van der Waals surface area contributed by atoms with Gasteiger partial charge in [-0.25, -0.2) is 13.9 Å². The molecule has 0 aromatic carbocycles. The van der Waals surface area contributed by atoms with E-state index >= 15 is 0 Å². The van der Waals surface area contributed by atoms with Crippen LogP contribution in [0.2, 0.25) is 0 Å². The highest BCUT2D eigenvalue weighted by Gasteiger charge is 2.34. The molecule has 1 atom stereocenters. The van der Waals surface area contributed by atoms with Crippen molar-refractivity contribution in [3.05, 3.63) is 65.4 Å². The minimum atomic E-state index is -0.393. The lowest BCUT2D eigenvalue weighted by molar-refractivity contribution is 0.605. The molecule has 5 heterocycles. The number of hydrogen-bond donors (Lipinski definition) is 2. The summed E-state index contributed by atoms with van der Waals surface area (Å²) < 4.78 is 15.7. The van der Waals surface area contributed by atoms with E-state index in [2.05, 4.69) is 25.3 Å². The average Bonchev–Trinajstić information content (AvgIpc) is 3.34. The smallest absolute Gasteiger partial charge is 0.186 e. The van der Waals surface area contributed by atoms with E-state index in [4.69, 9.17) is 11.0 Å². The van der Waals surface area contributed by atoms with Crippen LogP contribution in [-0.4, -0.2) is 36.3 Å². The summed E-state index contributed by atoms with van der Waals surface area (Å²) in [7, 11) is 0. The van der Waals surface area contributed by atoms with Gasteiger partial charge in [-0.1, -0.05) is 0 Å². The van der Waals surface area contributed by atoms with Gasteiger partial charge in [0.25, 0.3) is 0 Å². The molecule has 4 aromatic heterocycles. The number of halogens is 1. The fourth-order valence-corrected chi connectivity index (χ4v) is 3.58. The number of nitrogen functional groups attached to an aromatic ring is 1. The number of H-pyrrole nitrogens is 1. The Morgan fingerprint density at radius 3 is 3.00 bits per heavy atom. The van der Waals surface area contributed by atoms with Gasteiger partial charge in [0.2, 0.25) is 0 Å². The molecule has 3 N–H and O–H groups in total. The van der Waals surface area contributed by atoms with Crippen molar-refractivity contribution < 1.29 is 4.39 Å². The molecule has 0 fully saturated rings. The SMILES string of the molecule is N#Cc1nnc(N2CCc3[nH]cnc3[C@@H]2c2cc3c(F)cccn3n2)cc1N. The van der Waals surface area contributed by atoms with Crippen molar-refractivity contribution in [3.8, 4) is 6.07 Å². The zero-order valence-electron chi connectivity index (χ0n) is 14.5. The van der Waals surface area contributed by atoms with Crippen molar-refractivity contribution in [2.24, 2.45) is 0 Å². The second kappa shape index (κ2) is 6.02. The van der Waals surface area contributed by atoms with Gasteiger partial charge in [0.1, 0.15) is 23.4 Å². The lowest BCUT2D eigenvalue weighted by Crippen LogP contribution is -2.37. The highest BCUT2D eigenvalue weighted by molar-refractivity contribution is 5.59. The van der Waals surface area contributed by atoms with Gasteiger partial charge in [-0.15, -0.1) is 10.2 Å². The Morgan fingerprint density at radius 1 is 1.32 bits per heavy atom. The number of anilines is 2. The topological polar surface area (TPSA) is 125 Å². The summed E-state index contributed by atoms with van der Waals surface area (Å²) in [5, 5.41) is 21.7. The van der Waals surface area contributed by atoms with Crippen molar-refractivity contribution in [2.75, 3.05) is 17.2 Å². The van der Waals surface area contributed by atoms with Gasteiger partial charge in [0, 0.05) is 30.9 Å². The summed E-state index contributed by atoms with van der Waals surface area (Å²) >= 11 is 0. The van der Waals surface area contributed by atoms with Crippen molar-refractivity contribution in [3.63, 3.8) is 0 Å². The number of nitrogens with one attached hydrogen (secondary N) is 1. The van der Waals surface area contributed by atoms with Gasteiger partial charge in [-0.3, -0.25) is 0 Å². The van der Waals surface area contributed by atoms with Crippen LogP contribution in [-0.2, 0) is 6.42 Å². The van der Waals surface area contributed by atoms with Crippen LogP contribution in [0.3, 0.4) is 0 Å². The summed E-state index contributed by atoms with van der Waals surface area (Å²) in [6.45, 7) is 0.607. The van der Waals surface area contributed by atoms with Gasteiger partial charge < -0.3 is 15.6 Å². The van der Waals surface area contributed by atoms with E-state index in [-0.39, 0.29) is 17.2 Å². The number of hydrogen-bond acceptors (Lipinski definition) is 7. The zero-order chi connectivity index (χ0) is 19.3. The Morgan fingerprint density at radius 2 is 2.21 bits per heavy atom. The molecular weight excluding hydrogens is 361 g/mol. The number of fused-ring (bicyclic) bond motifs is 2. The molecule has 0 bridgehead atoms. The molecule has 0 saturated heterocycles. The molecule has 28 heavy (non-hydrogen) atoms. The summed E-state index contributed by atoms with van der Waals surface area (Å²) in [5.74, 6) is 0.154. The monoisotopic (exact) mass is 375 g/mol. The Balaban J connectivity index is 1.67. The highest BCUT2D eigenvalue weighted by atomic mass is 19.1. The standard InChI is InChI=1S/C18H14FN9/c19-10-2-1-4-28-15(10)7-13(26-28)18-17-12(22-9-23-17)3-5-27(18)16-6-11(21)14(8-20)24-25-16/h1-2,4,6-7,9,18H,3,5H2,(H2,21,25)(H,22,23)/t18-/m0/s1. The molecular formula is C18H14FN9. The Bertz CT molecular complexity index is 1240. The fraction of sp³-hybridized carbons (Fsp3) is 0.167. The van der Waals surface area contributed by atoms with Crippen molar-refractivity contribution in [1.29, 1.82) is 5.26 Å². The molecule has 0 amide bonds. The number of rotatable bonds is 2. The molecule has 0 radical (unpaired) electrons. The van der Waals surface area contributed by atoms with E-state index in [1.54, 1.807) is 30.7 Å². The first kappa shape index (κ1) is 16.2. The maximum atomic E-state index is 14.2. The van der Waals surface area contributed by atoms with Crippen LogP contribution >= 0.6 is 0 Å². The van der Waals surface area contributed by atoms with Gasteiger partial charge in [0.05, 0.1) is 23.4 Å². The van der Waals surface area contributed by atoms with Crippen LogP contribution in [0.25, 0.3) is 5.52 Å². The van der Waals surface area contributed by atoms with Gasteiger partial charge >= 0.3 is 0 Å². The first-order valence-electron chi connectivity index (χ1n) is 8.61. The van der Waals surface area contributed by atoms with Crippen LogP contribution in [0.1, 0.15) is 28.8 Å². The van der Waals surface area contributed by atoms with Gasteiger partial charge in [-0.2, -0.15) is 10.4 Å². The predicted molar refractivity (Wildman–Crippen MR) is 97.8 cm³/mol. The highest BCUT2D eigenvalue weighted by Crippen LogP contribution is 2.36. The molecule has 0 unspecified atom stereocenters. The van der Waals surface area contributed by atoms with Crippen molar-refractivity contribution in [2.45, 2.75) is 12.5 Å². The van der Waals surface area contributed by atoms with Crippen molar-refractivity contribution >= 4 is 17.0 Å². The number of nitriles is 1. The van der Waals surface area contributed by atoms with Crippen LogP contribution < -0.4 is 10.6 Å². The normalized spacial score (nSPS) is 16.1. The van der Waals surface area contributed by atoms with Crippen LogP contribution in [0.5, 0.6) is 0 Å². The number of nitrogens with zero attached hydrogens (tertiary/aromatic N) is 7. The third kappa shape index (κ3) is 2.37. The molecule has 5 rings (SSSR count). The van der Waals surface area contributed by atoms with Crippen LogP contribution in [0.4, 0.5) is 15.9 Å². The molecule has 1 aliphatic heterocycles. The van der Waals surface area contributed by atoms with Crippen molar-refractivity contribution in [1.82, 2.24) is 29.8 Å². The molecule has 0 aliphatic carbocycles. The van der Waals surface area contributed by atoms with Crippen LogP contribution in [0, 0.1) is 17.1 Å². The summed E-state index contributed by atoms with van der Waals surface area (Å²) in [6.07, 6.45) is 4.05. The molecule has 9 nitrogen and oxygen atoms in total. The minimum Gasteiger partial charge on any atom is -0.396 e. The number of aromatic nitrogens is 6. The van der Waals surface area contributed by atoms with E-state index in [0.717, 1.165) is 17.8 Å². The van der Waals surface area contributed by atoms with E-state index in [1.165, 1.54) is 10.6 Å². The quantitative estimate of drug-likeness (QED) is 0.545. The van der Waals surface area contributed by atoms with Gasteiger partial charge in [0.15, 0.2) is 11.5 Å². The molecule has 138 valence electrons. The third-order valence-electron chi connectivity index (χ3n) is 4.88. The Labute approximate surface area is 158 Å². The number of pyridine rings is 1. The average molecular weight is 375 g/mol. The molecule has 1 aliphatic rings. The molecule has 4 aromatic rings. The maximum absolute atomic E-state index is 14.2. The third-order valence-corrected chi connectivity index (χ3v) is 4.88. The number of nitrogens with two attached hydrogens (primary N) is 1.